The van der Waals surface area contributed by atoms with Gasteiger partial charge >= 0.3 is 0 Å². The third-order valence-electron chi connectivity index (χ3n) is 4.46. The van der Waals surface area contributed by atoms with Crippen molar-refractivity contribution in [3.63, 3.8) is 0 Å². The zero-order chi connectivity index (χ0) is 15.3. The van der Waals surface area contributed by atoms with Crippen molar-refractivity contribution in [3.05, 3.63) is 44.8 Å². The van der Waals surface area contributed by atoms with Crippen molar-refractivity contribution in [2.24, 2.45) is 0 Å². The molecule has 7 heteroatoms. The molecule has 2 N–H and O–H groups in total. The molecule has 5 nitrogen and oxygen atoms in total. The molecule has 1 aliphatic rings. The number of piperidine rings is 1. The quantitative estimate of drug-likeness (QED) is 0.663. The molecule has 0 radical (unpaired) electrons. The van der Waals surface area contributed by atoms with Crippen molar-refractivity contribution in [2.75, 3.05) is 6.54 Å². The summed E-state index contributed by atoms with van der Waals surface area (Å²) in [5.74, 6) is 0.356. The molecule has 0 aliphatic carbocycles. The van der Waals surface area contributed by atoms with Crippen LogP contribution in [-0.4, -0.2) is 27.2 Å². The second-order valence-electron chi connectivity index (χ2n) is 6.03. The third kappa shape index (κ3) is 2.79. The summed E-state index contributed by atoms with van der Waals surface area (Å²) >= 11 is 3.57. The lowest BCUT2D eigenvalue weighted by atomic mass is 9.90. The third-order valence-corrected chi connectivity index (χ3v) is 5.12. The number of nitrogens with one attached hydrogen (secondary N) is 2. The van der Waals surface area contributed by atoms with Gasteiger partial charge in [0.2, 0.25) is 0 Å². The molecule has 23 heavy (non-hydrogen) atoms. The lowest BCUT2D eigenvalue weighted by Gasteiger charge is -2.28. The highest BCUT2D eigenvalue weighted by Crippen LogP contribution is 2.31. The van der Waals surface area contributed by atoms with Gasteiger partial charge in [0.05, 0.1) is 16.6 Å². The topological polar surface area (TPSA) is 62.2 Å². The molecule has 2 aromatic heterocycles. The van der Waals surface area contributed by atoms with Gasteiger partial charge in [0.1, 0.15) is 5.65 Å². The van der Waals surface area contributed by atoms with E-state index in [1.807, 2.05) is 22.7 Å². The van der Waals surface area contributed by atoms with E-state index in [0.717, 1.165) is 46.1 Å². The minimum Gasteiger partial charge on any atom is -0.314 e. The van der Waals surface area contributed by atoms with Crippen LogP contribution >= 0.6 is 28.3 Å². The van der Waals surface area contributed by atoms with E-state index >= 15 is 0 Å². The minimum absolute atomic E-state index is 0. The molecule has 3 heterocycles. The van der Waals surface area contributed by atoms with E-state index in [4.69, 9.17) is 5.10 Å². The Hall–Kier alpha value is -1.37. The zero-order valence-corrected chi connectivity index (χ0v) is 15.1. The molecule has 4 rings (SSSR count). The van der Waals surface area contributed by atoms with Crippen molar-refractivity contribution in [1.29, 1.82) is 0 Å². The number of rotatable bonds is 1. The van der Waals surface area contributed by atoms with Crippen LogP contribution < -0.4 is 10.9 Å². The Morgan fingerprint density at radius 3 is 3.00 bits per heavy atom. The fourth-order valence-electron chi connectivity index (χ4n) is 3.44. The Kier molecular flexibility index (Phi) is 4.49. The molecule has 3 aromatic rings. The molecule has 2 atom stereocenters. The first-order chi connectivity index (χ1) is 10.6. The molecule has 1 aliphatic heterocycles. The molecule has 0 saturated carbocycles. The Labute approximate surface area is 148 Å². The average Bonchev–Trinajstić information content (AvgIpc) is 2.86. The van der Waals surface area contributed by atoms with Crippen LogP contribution in [0.3, 0.4) is 0 Å². The van der Waals surface area contributed by atoms with Crippen molar-refractivity contribution in [2.45, 2.75) is 31.7 Å². The average molecular weight is 398 g/mol. The summed E-state index contributed by atoms with van der Waals surface area (Å²) < 4.78 is 2.87. The highest BCUT2D eigenvalue weighted by Gasteiger charge is 2.24. The monoisotopic (exact) mass is 396 g/mol. The number of nitrogens with zero attached hydrogens (tertiary/aromatic N) is 2. The normalized spacial score (nSPS) is 21.5. The summed E-state index contributed by atoms with van der Waals surface area (Å²) in [6, 6.07) is 8.07. The van der Waals surface area contributed by atoms with E-state index in [2.05, 4.69) is 33.2 Å². The highest BCUT2D eigenvalue weighted by atomic mass is 79.9. The maximum atomic E-state index is 12.2. The highest BCUT2D eigenvalue weighted by molar-refractivity contribution is 9.10. The van der Waals surface area contributed by atoms with Crippen LogP contribution in [0.2, 0.25) is 0 Å². The van der Waals surface area contributed by atoms with Crippen molar-refractivity contribution in [3.8, 4) is 0 Å². The number of aromatic nitrogens is 3. The van der Waals surface area contributed by atoms with Gasteiger partial charge in [-0.1, -0.05) is 6.07 Å². The summed E-state index contributed by atoms with van der Waals surface area (Å²) in [5, 5.41) is 9.13. The zero-order valence-electron chi connectivity index (χ0n) is 12.7. The van der Waals surface area contributed by atoms with E-state index in [-0.39, 0.29) is 18.0 Å². The molecule has 1 aromatic carbocycles. The van der Waals surface area contributed by atoms with Gasteiger partial charge < -0.3 is 10.3 Å². The predicted molar refractivity (Wildman–Crippen MR) is 97.7 cm³/mol. The molecule has 0 bridgehead atoms. The summed E-state index contributed by atoms with van der Waals surface area (Å²) in [5.41, 5.74) is 2.61. The predicted octanol–water partition coefficient (Wildman–Crippen LogP) is 3.22. The first kappa shape index (κ1) is 16.5. The lowest BCUT2D eigenvalue weighted by Crippen LogP contribution is -2.35. The second kappa shape index (κ2) is 6.26. The van der Waals surface area contributed by atoms with Gasteiger partial charge in [-0.15, -0.1) is 12.4 Å². The summed E-state index contributed by atoms with van der Waals surface area (Å²) in [6.07, 6.45) is 2.05. The van der Waals surface area contributed by atoms with Gasteiger partial charge in [0.25, 0.3) is 5.56 Å². The van der Waals surface area contributed by atoms with Crippen LogP contribution in [0.5, 0.6) is 0 Å². The van der Waals surface area contributed by atoms with Gasteiger partial charge in [-0.25, -0.2) is 4.52 Å². The van der Waals surface area contributed by atoms with Gasteiger partial charge in [-0.3, -0.25) is 4.79 Å². The number of hydrogen-bond acceptors (Lipinski definition) is 3. The first-order valence-electron chi connectivity index (χ1n) is 7.57. The SMILES string of the molecule is C[C@@H]1C[C@@H](c2cc(=O)[nH]c3c4c(Br)cccc4nn23)CCN1.Cl. The molecule has 0 amide bonds. The number of H-pyrrole nitrogens is 1. The van der Waals surface area contributed by atoms with Crippen LogP contribution in [0.15, 0.2) is 33.5 Å². The first-order valence-corrected chi connectivity index (χ1v) is 8.36. The van der Waals surface area contributed by atoms with E-state index < -0.39 is 0 Å². The fraction of sp³-hybridized carbons (Fsp3) is 0.375. The van der Waals surface area contributed by atoms with Crippen molar-refractivity contribution < 1.29 is 0 Å². The van der Waals surface area contributed by atoms with E-state index in [1.165, 1.54) is 0 Å². The standard InChI is InChI=1S/C16H17BrN4O.ClH/c1-9-7-10(5-6-18-9)13-8-14(22)19-16-15-11(17)3-2-4-12(15)20-21(13)16;/h2-4,8-10,18H,5-7H2,1H3,(H,19,22);1H/t9-,10+;/m1./s1. The van der Waals surface area contributed by atoms with Gasteiger partial charge in [-0.05, 0) is 54.4 Å². The lowest BCUT2D eigenvalue weighted by molar-refractivity contribution is 0.372. The van der Waals surface area contributed by atoms with Gasteiger partial charge in [0.15, 0.2) is 0 Å². The number of aromatic amines is 1. The largest absolute Gasteiger partial charge is 0.314 e. The van der Waals surface area contributed by atoms with Crippen LogP contribution in [0.4, 0.5) is 0 Å². The number of fused-ring (bicyclic) bond motifs is 3. The van der Waals surface area contributed by atoms with Gasteiger partial charge in [0, 0.05) is 22.5 Å². The summed E-state index contributed by atoms with van der Waals surface area (Å²) in [7, 11) is 0. The summed E-state index contributed by atoms with van der Waals surface area (Å²) in [6.45, 7) is 3.16. The van der Waals surface area contributed by atoms with Gasteiger partial charge in [-0.2, -0.15) is 5.10 Å². The summed E-state index contributed by atoms with van der Waals surface area (Å²) in [4.78, 5) is 15.1. The number of hydrogen-bond donors (Lipinski definition) is 2. The molecule has 1 fully saturated rings. The Bertz CT molecular complexity index is 919. The van der Waals surface area contributed by atoms with Crippen molar-refractivity contribution >= 4 is 44.9 Å². The number of halogens is 2. The molecule has 122 valence electrons. The second-order valence-corrected chi connectivity index (χ2v) is 6.88. The smallest absolute Gasteiger partial charge is 0.251 e. The van der Waals surface area contributed by atoms with Crippen LogP contribution in [-0.2, 0) is 0 Å². The molecular weight excluding hydrogens is 380 g/mol. The van der Waals surface area contributed by atoms with Crippen LogP contribution in [0, 0.1) is 0 Å². The molecule has 0 unspecified atom stereocenters. The fourth-order valence-corrected chi connectivity index (χ4v) is 3.98. The minimum atomic E-state index is -0.0637. The van der Waals surface area contributed by atoms with Crippen LogP contribution in [0.1, 0.15) is 31.4 Å². The Balaban J connectivity index is 0.00000156. The molecular formula is C16H18BrClN4O. The van der Waals surface area contributed by atoms with E-state index in [0.29, 0.717) is 12.0 Å². The van der Waals surface area contributed by atoms with Crippen molar-refractivity contribution in [1.82, 2.24) is 19.9 Å². The molecule has 0 spiro atoms. The van der Waals surface area contributed by atoms with Crippen LogP contribution in [0.25, 0.3) is 16.6 Å². The van der Waals surface area contributed by atoms with E-state index in [1.54, 1.807) is 6.07 Å². The molecule has 1 saturated heterocycles. The maximum Gasteiger partial charge on any atom is 0.251 e. The van der Waals surface area contributed by atoms with E-state index in [9.17, 15) is 4.79 Å². The Morgan fingerprint density at radius 1 is 1.39 bits per heavy atom. The number of benzene rings is 1. The Morgan fingerprint density at radius 2 is 2.22 bits per heavy atom. The maximum absolute atomic E-state index is 12.2.